The highest BCUT2D eigenvalue weighted by Crippen LogP contribution is 2.17. The van der Waals surface area contributed by atoms with Crippen molar-refractivity contribution in [1.82, 2.24) is 0 Å². The molecule has 1 N–H and O–H groups in total. The normalized spacial score (nSPS) is 21.1. The van der Waals surface area contributed by atoms with Crippen LogP contribution in [0, 0.1) is 0 Å². The second-order valence-electron chi connectivity index (χ2n) is 3.94. The van der Waals surface area contributed by atoms with E-state index in [1.165, 1.54) is 0 Å². The van der Waals surface area contributed by atoms with Gasteiger partial charge in [-0.2, -0.15) is 0 Å². The Bertz CT molecular complexity index is 399. The Morgan fingerprint density at radius 1 is 1.07 bits per heavy atom. The van der Waals surface area contributed by atoms with Gasteiger partial charge in [0.2, 0.25) is 0 Å². The number of nitrogens with one attached hydrogen (secondary N) is 1. The van der Waals surface area contributed by atoms with E-state index in [1.54, 1.807) is 0 Å². The molecule has 3 nitrogen and oxygen atoms in total. The molecule has 0 bridgehead atoms. The Labute approximate surface area is 90.4 Å². The van der Waals surface area contributed by atoms with Crippen molar-refractivity contribution in [3.05, 3.63) is 30.3 Å². The summed E-state index contributed by atoms with van der Waals surface area (Å²) in [5, 5.41) is 3.35. The lowest BCUT2D eigenvalue weighted by atomic mass is 10.1. The summed E-state index contributed by atoms with van der Waals surface area (Å²) in [5.41, 5.74) is 1.07. The number of hydrogen-bond donors (Lipinski definition) is 1. The van der Waals surface area contributed by atoms with E-state index >= 15 is 0 Å². The molecule has 82 valence electrons. The van der Waals surface area contributed by atoms with Crippen LogP contribution in [0.4, 0.5) is 5.69 Å². The zero-order chi connectivity index (χ0) is 10.7. The maximum atomic E-state index is 11.2. The van der Waals surface area contributed by atoms with Crippen molar-refractivity contribution in [3.63, 3.8) is 0 Å². The van der Waals surface area contributed by atoms with E-state index in [4.69, 9.17) is 0 Å². The number of hydrogen-bond acceptors (Lipinski definition) is 3. The van der Waals surface area contributed by atoms with Crippen LogP contribution in [0.25, 0.3) is 0 Å². The highest BCUT2D eigenvalue weighted by molar-refractivity contribution is 7.91. The van der Waals surface area contributed by atoms with Gasteiger partial charge in [0.25, 0.3) is 0 Å². The zero-order valence-corrected chi connectivity index (χ0v) is 9.33. The molecule has 1 fully saturated rings. The first kappa shape index (κ1) is 10.5. The summed E-state index contributed by atoms with van der Waals surface area (Å²) >= 11 is 0. The molecule has 2 rings (SSSR count). The van der Waals surface area contributed by atoms with Crippen LogP contribution in [0.5, 0.6) is 0 Å². The summed E-state index contributed by atoms with van der Waals surface area (Å²) < 4.78 is 22.4. The Morgan fingerprint density at radius 3 is 2.27 bits per heavy atom. The molecular formula is C11H15NO2S. The summed E-state index contributed by atoms with van der Waals surface area (Å²) in [5.74, 6) is 0.634. The van der Waals surface area contributed by atoms with Crippen molar-refractivity contribution in [1.29, 1.82) is 0 Å². The maximum absolute atomic E-state index is 11.2. The fourth-order valence-corrected chi connectivity index (χ4v) is 3.30. The highest BCUT2D eigenvalue weighted by atomic mass is 32.2. The van der Waals surface area contributed by atoms with Gasteiger partial charge in [0.1, 0.15) is 9.84 Å². The summed E-state index contributed by atoms with van der Waals surface area (Å²) in [6.07, 6.45) is 1.44. The third-order valence-corrected chi connectivity index (χ3v) is 4.41. The van der Waals surface area contributed by atoms with E-state index in [0.717, 1.165) is 18.5 Å². The average Bonchev–Trinajstić information content (AvgIpc) is 2.23. The van der Waals surface area contributed by atoms with Crippen LogP contribution in [-0.2, 0) is 9.84 Å². The smallest absolute Gasteiger partial charge is 0.150 e. The number of benzene rings is 1. The Kier molecular flexibility index (Phi) is 2.95. The fourth-order valence-electron chi connectivity index (χ4n) is 1.80. The second-order valence-corrected chi connectivity index (χ2v) is 6.24. The van der Waals surface area contributed by atoms with E-state index in [-0.39, 0.29) is 0 Å². The van der Waals surface area contributed by atoms with Gasteiger partial charge in [0.15, 0.2) is 0 Å². The standard InChI is InChI=1S/C11H15NO2S/c13-15(14)8-6-11(7-9-15)12-10-4-2-1-3-5-10/h1-5,11-12H,6-9H2. The number of rotatable bonds is 2. The Morgan fingerprint density at radius 2 is 1.67 bits per heavy atom. The minimum absolute atomic E-state index is 0.302. The molecule has 15 heavy (non-hydrogen) atoms. The first-order chi connectivity index (χ1) is 7.16. The van der Waals surface area contributed by atoms with Gasteiger partial charge in [-0.3, -0.25) is 0 Å². The van der Waals surface area contributed by atoms with Crippen LogP contribution >= 0.6 is 0 Å². The predicted molar refractivity (Wildman–Crippen MR) is 61.7 cm³/mol. The van der Waals surface area contributed by atoms with Gasteiger partial charge in [0, 0.05) is 11.7 Å². The molecule has 1 heterocycles. The molecule has 4 heteroatoms. The molecule has 0 radical (unpaired) electrons. The minimum Gasteiger partial charge on any atom is -0.382 e. The third kappa shape index (κ3) is 2.96. The summed E-state index contributed by atoms with van der Waals surface area (Å²) in [7, 11) is -2.75. The molecular weight excluding hydrogens is 210 g/mol. The van der Waals surface area contributed by atoms with Crippen LogP contribution in [-0.4, -0.2) is 26.0 Å². The van der Waals surface area contributed by atoms with E-state index in [1.807, 2.05) is 30.3 Å². The monoisotopic (exact) mass is 225 g/mol. The lowest BCUT2D eigenvalue weighted by Gasteiger charge is -2.23. The molecule has 0 saturated carbocycles. The maximum Gasteiger partial charge on any atom is 0.150 e. The van der Waals surface area contributed by atoms with Gasteiger partial charge >= 0.3 is 0 Å². The van der Waals surface area contributed by atoms with Gasteiger partial charge in [-0.15, -0.1) is 0 Å². The lowest BCUT2D eigenvalue weighted by Crippen LogP contribution is -2.32. The van der Waals surface area contributed by atoms with Crippen molar-refractivity contribution < 1.29 is 8.42 Å². The lowest BCUT2D eigenvalue weighted by molar-refractivity contribution is 0.559. The first-order valence-electron chi connectivity index (χ1n) is 5.18. The third-order valence-electron chi connectivity index (χ3n) is 2.70. The quantitative estimate of drug-likeness (QED) is 0.833. The molecule has 1 aliphatic rings. The second kappa shape index (κ2) is 4.23. The van der Waals surface area contributed by atoms with Gasteiger partial charge < -0.3 is 5.32 Å². The van der Waals surface area contributed by atoms with Crippen LogP contribution in [0.1, 0.15) is 12.8 Å². The van der Waals surface area contributed by atoms with Crippen molar-refractivity contribution in [2.24, 2.45) is 0 Å². The van der Waals surface area contributed by atoms with Gasteiger partial charge in [-0.05, 0) is 25.0 Å². The number of para-hydroxylation sites is 1. The van der Waals surface area contributed by atoms with Crippen LogP contribution in [0.3, 0.4) is 0 Å². The number of sulfone groups is 1. The van der Waals surface area contributed by atoms with Crippen LogP contribution in [0.15, 0.2) is 30.3 Å². The van der Waals surface area contributed by atoms with Gasteiger partial charge in [-0.25, -0.2) is 8.42 Å². The fraction of sp³-hybridized carbons (Fsp3) is 0.455. The summed E-state index contributed by atoms with van der Waals surface area (Å²) in [6.45, 7) is 0. The molecule has 0 amide bonds. The first-order valence-corrected chi connectivity index (χ1v) is 7.00. The Balaban J connectivity index is 1.93. The van der Waals surface area contributed by atoms with Crippen molar-refractivity contribution in [2.45, 2.75) is 18.9 Å². The molecule has 0 aromatic heterocycles. The molecule has 1 aliphatic heterocycles. The average molecular weight is 225 g/mol. The summed E-state index contributed by atoms with van der Waals surface area (Å²) in [6, 6.07) is 10.2. The molecule has 1 aromatic rings. The van der Waals surface area contributed by atoms with E-state index in [0.29, 0.717) is 17.5 Å². The van der Waals surface area contributed by atoms with Crippen LogP contribution < -0.4 is 5.32 Å². The Hall–Kier alpha value is -1.03. The van der Waals surface area contributed by atoms with Crippen molar-refractivity contribution >= 4 is 15.5 Å². The molecule has 1 saturated heterocycles. The van der Waals surface area contributed by atoms with Crippen molar-refractivity contribution in [2.75, 3.05) is 16.8 Å². The van der Waals surface area contributed by atoms with Gasteiger partial charge in [-0.1, -0.05) is 18.2 Å². The van der Waals surface area contributed by atoms with Gasteiger partial charge in [0.05, 0.1) is 11.5 Å². The van der Waals surface area contributed by atoms with E-state index in [2.05, 4.69) is 5.32 Å². The molecule has 0 spiro atoms. The van der Waals surface area contributed by atoms with E-state index in [9.17, 15) is 8.42 Å². The minimum atomic E-state index is -2.75. The molecule has 0 atom stereocenters. The van der Waals surface area contributed by atoms with E-state index < -0.39 is 9.84 Å². The highest BCUT2D eigenvalue weighted by Gasteiger charge is 2.23. The largest absolute Gasteiger partial charge is 0.382 e. The topological polar surface area (TPSA) is 46.2 Å². The number of anilines is 1. The molecule has 1 aromatic carbocycles. The van der Waals surface area contributed by atoms with Crippen LogP contribution in [0.2, 0.25) is 0 Å². The van der Waals surface area contributed by atoms with Crippen molar-refractivity contribution in [3.8, 4) is 0 Å². The molecule has 0 aliphatic carbocycles. The zero-order valence-electron chi connectivity index (χ0n) is 8.52. The summed E-state index contributed by atoms with van der Waals surface area (Å²) in [4.78, 5) is 0. The predicted octanol–water partition coefficient (Wildman–Crippen LogP) is 1.68. The SMILES string of the molecule is O=S1(=O)CCC(Nc2ccccc2)CC1. The molecule has 0 unspecified atom stereocenters.